The molecule has 0 saturated carbocycles. The fraction of sp³-hybridized carbons (Fsp3) is 1.00. The SMILES string of the molecule is N[C@@H]1[C@@H](O)[C@H](O[C@@H]2O[C@H](CO)[C@H](O)[C@H](O)[C@H]2O)[C@@H](CO)OC1(O)C1O[C@H](CO)[C@H](O)[C@H](O)[C@H]1O. The van der Waals surface area contributed by atoms with Crippen LogP contribution < -0.4 is 5.73 Å². The van der Waals surface area contributed by atoms with E-state index < -0.39 is 111 Å². The first-order chi connectivity index (χ1) is 15.9. The molecule has 200 valence electrons. The van der Waals surface area contributed by atoms with E-state index in [-0.39, 0.29) is 0 Å². The number of nitrogens with two attached hydrogens (primary N) is 1. The van der Waals surface area contributed by atoms with Crippen molar-refractivity contribution in [3.05, 3.63) is 0 Å². The lowest BCUT2D eigenvalue weighted by Gasteiger charge is -2.54. The summed E-state index contributed by atoms with van der Waals surface area (Å²) in [7, 11) is 0. The third-order valence-electron chi connectivity index (χ3n) is 6.51. The van der Waals surface area contributed by atoms with Crippen LogP contribution in [0.2, 0.25) is 0 Å². The molecule has 3 aliphatic rings. The smallest absolute Gasteiger partial charge is 0.213 e. The Bertz CT molecular complexity index is 669. The molecule has 0 aromatic rings. The first kappa shape index (κ1) is 27.9. The van der Waals surface area contributed by atoms with Crippen molar-refractivity contribution < 1.29 is 75.1 Å². The number of ether oxygens (including phenoxy) is 4. The minimum Gasteiger partial charge on any atom is -0.394 e. The number of hydrogen-bond donors (Lipinski definition) is 12. The van der Waals surface area contributed by atoms with Crippen molar-refractivity contribution in [1.29, 1.82) is 0 Å². The molecular formula is C18H33NO15. The van der Waals surface area contributed by atoms with E-state index in [1.807, 2.05) is 0 Å². The van der Waals surface area contributed by atoms with Crippen molar-refractivity contribution in [1.82, 2.24) is 0 Å². The molecule has 0 aliphatic carbocycles. The predicted octanol–water partition coefficient (Wildman–Crippen LogP) is -8.22. The Labute approximate surface area is 192 Å². The van der Waals surface area contributed by atoms with E-state index in [2.05, 4.69) is 0 Å². The monoisotopic (exact) mass is 503 g/mol. The summed E-state index contributed by atoms with van der Waals surface area (Å²) in [6, 6.07) is -1.85. The zero-order chi connectivity index (χ0) is 25.5. The van der Waals surface area contributed by atoms with Crippen LogP contribution >= 0.6 is 0 Å². The molecule has 3 aliphatic heterocycles. The Balaban J connectivity index is 1.83. The Morgan fingerprint density at radius 3 is 1.68 bits per heavy atom. The minimum atomic E-state index is -2.78. The maximum Gasteiger partial charge on any atom is 0.213 e. The zero-order valence-electron chi connectivity index (χ0n) is 17.8. The van der Waals surface area contributed by atoms with Crippen molar-refractivity contribution in [2.24, 2.45) is 5.73 Å². The highest BCUT2D eigenvalue weighted by molar-refractivity contribution is 5.08. The molecule has 3 saturated heterocycles. The van der Waals surface area contributed by atoms with E-state index in [0.29, 0.717) is 0 Å². The Morgan fingerprint density at radius 2 is 1.15 bits per heavy atom. The topological polar surface area (TPSA) is 285 Å². The third-order valence-corrected chi connectivity index (χ3v) is 6.51. The lowest BCUT2D eigenvalue weighted by molar-refractivity contribution is -0.399. The van der Waals surface area contributed by atoms with Gasteiger partial charge in [0.05, 0.1) is 25.9 Å². The van der Waals surface area contributed by atoms with Crippen LogP contribution in [0, 0.1) is 0 Å². The van der Waals surface area contributed by atoms with Crippen LogP contribution in [0.1, 0.15) is 0 Å². The maximum atomic E-state index is 11.1. The van der Waals surface area contributed by atoms with Crippen molar-refractivity contribution >= 4 is 0 Å². The van der Waals surface area contributed by atoms with Crippen LogP contribution in [0.4, 0.5) is 0 Å². The Kier molecular flexibility index (Phi) is 8.85. The molecule has 0 bridgehead atoms. The maximum absolute atomic E-state index is 11.1. The molecule has 16 heteroatoms. The van der Waals surface area contributed by atoms with E-state index in [1.54, 1.807) is 0 Å². The molecule has 0 radical (unpaired) electrons. The molecule has 2 unspecified atom stereocenters. The molecule has 3 rings (SSSR count). The van der Waals surface area contributed by atoms with Crippen molar-refractivity contribution in [2.45, 2.75) is 91.4 Å². The average Bonchev–Trinajstić information content (AvgIpc) is 2.82. The quantitative estimate of drug-likeness (QED) is 0.160. The van der Waals surface area contributed by atoms with Gasteiger partial charge < -0.3 is 80.9 Å². The molecule has 3 heterocycles. The average molecular weight is 503 g/mol. The highest BCUT2D eigenvalue weighted by Crippen LogP contribution is 2.38. The molecule has 16 nitrogen and oxygen atoms in total. The van der Waals surface area contributed by atoms with Crippen LogP contribution in [-0.2, 0) is 18.9 Å². The Morgan fingerprint density at radius 1 is 0.647 bits per heavy atom. The van der Waals surface area contributed by atoms with E-state index in [4.69, 9.17) is 24.7 Å². The van der Waals surface area contributed by atoms with Gasteiger partial charge in [-0.25, -0.2) is 0 Å². The van der Waals surface area contributed by atoms with Crippen LogP contribution in [0.3, 0.4) is 0 Å². The highest BCUT2D eigenvalue weighted by atomic mass is 16.7. The molecular weight excluding hydrogens is 470 g/mol. The summed E-state index contributed by atoms with van der Waals surface area (Å²) in [5.41, 5.74) is 5.95. The third kappa shape index (κ3) is 4.71. The van der Waals surface area contributed by atoms with Gasteiger partial charge in [0.25, 0.3) is 0 Å². The van der Waals surface area contributed by atoms with Gasteiger partial charge in [-0.3, -0.25) is 0 Å². The normalized spacial score (nSPS) is 54.7. The van der Waals surface area contributed by atoms with Crippen LogP contribution in [0.25, 0.3) is 0 Å². The summed E-state index contributed by atoms with van der Waals surface area (Å²) < 4.78 is 21.4. The van der Waals surface area contributed by atoms with E-state index in [1.165, 1.54) is 0 Å². The molecule has 34 heavy (non-hydrogen) atoms. The largest absolute Gasteiger partial charge is 0.394 e. The van der Waals surface area contributed by atoms with E-state index >= 15 is 0 Å². The van der Waals surface area contributed by atoms with Gasteiger partial charge in [0.1, 0.15) is 73.2 Å². The summed E-state index contributed by atoms with van der Waals surface area (Å²) >= 11 is 0. The lowest BCUT2D eigenvalue weighted by atomic mass is 9.82. The summed E-state index contributed by atoms with van der Waals surface area (Å²) in [6.07, 6.45) is -22.5. The summed E-state index contributed by atoms with van der Waals surface area (Å²) in [4.78, 5) is 0. The van der Waals surface area contributed by atoms with Gasteiger partial charge in [-0.2, -0.15) is 0 Å². The highest BCUT2D eigenvalue weighted by Gasteiger charge is 2.62. The van der Waals surface area contributed by atoms with Crippen LogP contribution in [-0.4, -0.2) is 167 Å². The second-order valence-corrected chi connectivity index (χ2v) is 8.65. The van der Waals surface area contributed by atoms with Gasteiger partial charge in [0.2, 0.25) is 5.79 Å². The van der Waals surface area contributed by atoms with Gasteiger partial charge >= 0.3 is 0 Å². The standard InChI is InChI=1S/C18H33NO15/c19-15-13(29)14(33-17-12(28)10(26)8(24)5(2-21)32-17)6(3-22)34-18(15,30)16-11(27)9(25)7(23)4(1-20)31-16/h4-17,20-30H,1-3,19H2/t4-,5-,6-,7+,8+,9+,10+,11-,12-,13+,14-,15-,16?,17+,18?/m1/s1. The van der Waals surface area contributed by atoms with Crippen molar-refractivity contribution in [3.8, 4) is 0 Å². The number of hydrogen-bond acceptors (Lipinski definition) is 16. The molecule has 0 aromatic heterocycles. The predicted molar refractivity (Wildman–Crippen MR) is 103 cm³/mol. The number of aliphatic hydroxyl groups is 11. The molecule has 3 fully saturated rings. The fourth-order valence-electron chi connectivity index (χ4n) is 4.40. The van der Waals surface area contributed by atoms with Gasteiger partial charge in [0.15, 0.2) is 6.29 Å². The van der Waals surface area contributed by atoms with Gasteiger partial charge in [0, 0.05) is 0 Å². The molecule has 15 atom stereocenters. The zero-order valence-corrected chi connectivity index (χ0v) is 17.8. The van der Waals surface area contributed by atoms with Crippen molar-refractivity contribution in [2.75, 3.05) is 19.8 Å². The second-order valence-electron chi connectivity index (χ2n) is 8.65. The molecule has 0 aromatic carbocycles. The molecule has 0 spiro atoms. The van der Waals surface area contributed by atoms with Gasteiger partial charge in [-0.15, -0.1) is 0 Å². The molecule has 0 amide bonds. The molecule has 13 N–H and O–H groups in total. The number of rotatable bonds is 6. The fourth-order valence-corrected chi connectivity index (χ4v) is 4.40. The summed E-state index contributed by atoms with van der Waals surface area (Å²) in [5.74, 6) is -2.78. The first-order valence-electron chi connectivity index (χ1n) is 10.6. The van der Waals surface area contributed by atoms with E-state index in [9.17, 15) is 56.2 Å². The Hall–Kier alpha value is -0.640. The van der Waals surface area contributed by atoms with Gasteiger partial charge in [-0.05, 0) is 0 Å². The summed E-state index contributed by atoms with van der Waals surface area (Å²) in [6.45, 7) is -2.50. The number of aliphatic hydroxyl groups excluding tert-OH is 10. The van der Waals surface area contributed by atoms with Crippen LogP contribution in [0.5, 0.6) is 0 Å². The van der Waals surface area contributed by atoms with E-state index in [0.717, 1.165) is 0 Å². The second kappa shape index (κ2) is 10.8. The van der Waals surface area contributed by atoms with Crippen LogP contribution in [0.15, 0.2) is 0 Å². The van der Waals surface area contributed by atoms with Gasteiger partial charge in [-0.1, -0.05) is 0 Å². The summed E-state index contributed by atoms with van der Waals surface area (Å²) in [5, 5.41) is 111. The first-order valence-corrected chi connectivity index (χ1v) is 10.6. The minimum absolute atomic E-state index is 0.756. The van der Waals surface area contributed by atoms with Crippen molar-refractivity contribution in [3.63, 3.8) is 0 Å². The lowest BCUT2D eigenvalue weighted by Crippen LogP contribution is -2.77.